The molecule has 0 atom stereocenters. The Morgan fingerprint density at radius 1 is 1.44 bits per heavy atom. The lowest BCUT2D eigenvalue weighted by atomic mass is 10.2. The van der Waals surface area contributed by atoms with E-state index in [2.05, 4.69) is 4.98 Å². The van der Waals surface area contributed by atoms with Gasteiger partial charge in [0, 0.05) is 12.5 Å². The van der Waals surface area contributed by atoms with E-state index < -0.39 is 0 Å². The summed E-state index contributed by atoms with van der Waals surface area (Å²) in [6.45, 7) is 1.84. The summed E-state index contributed by atoms with van der Waals surface area (Å²) in [6, 6.07) is 5.40. The van der Waals surface area contributed by atoms with E-state index >= 15 is 0 Å². The second-order valence-corrected chi connectivity index (χ2v) is 4.16. The number of hydrogen-bond acceptors (Lipinski definition) is 3. The molecular weight excluding hydrogens is 202 g/mol. The smallest absolute Gasteiger partial charge is 0.214 e. The Balaban J connectivity index is 2.06. The number of nitrogens with zero attached hydrogens (tertiary/aromatic N) is 1. The normalized spacial score (nSPS) is 16.3. The van der Waals surface area contributed by atoms with Gasteiger partial charge in [0.2, 0.25) is 5.88 Å². The second-order valence-electron chi connectivity index (χ2n) is 4.16. The molecule has 0 saturated heterocycles. The summed E-state index contributed by atoms with van der Waals surface area (Å²) in [5.74, 6) is 0.656. The molecule has 0 amide bonds. The average Bonchev–Trinajstić information content (AvgIpc) is 2.81. The molecule has 1 fully saturated rings. The molecule has 0 unspecified atom stereocenters. The fourth-order valence-corrected chi connectivity index (χ4v) is 1.99. The molecule has 3 heteroatoms. The molecule has 0 aromatic carbocycles. The molecule has 16 heavy (non-hydrogen) atoms. The van der Waals surface area contributed by atoms with E-state index in [1.807, 2.05) is 19.1 Å². The summed E-state index contributed by atoms with van der Waals surface area (Å²) in [7, 11) is 0. The highest BCUT2D eigenvalue weighted by Gasteiger charge is 2.17. The summed E-state index contributed by atoms with van der Waals surface area (Å²) >= 11 is 0. The molecule has 0 spiro atoms. The monoisotopic (exact) mass is 219 g/mol. The number of rotatable bonds is 4. The van der Waals surface area contributed by atoms with Gasteiger partial charge < -0.3 is 4.74 Å². The van der Waals surface area contributed by atoms with Gasteiger partial charge in [0.15, 0.2) is 5.78 Å². The minimum absolute atomic E-state index is 0.0665. The van der Waals surface area contributed by atoms with E-state index in [9.17, 15) is 4.79 Å². The maximum Gasteiger partial charge on any atom is 0.214 e. The third-order valence-corrected chi connectivity index (χ3v) is 2.92. The van der Waals surface area contributed by atoms with Gasteiger partial charge in [-0.3, -0.25) is 4.79 Å². The summed E-state index contributed by atoms with van der Waals surface area (Å²) in [6.07, 6.45) is 5.46. The summed E-state index contributed by atoms with van der Waals surface area (Å²) in [5, 5.41) is 0. The van der Waals surface area contributed by atoms with Crippen molar-refractivity contribution in [3.05, 3.63) is 23.9 Å². The summed E-state index contributed by atoms with van der Waals surface area (Å²) in [5.41, 5.74) is 0.512. The van der Waals surface area contributed by atoms with E-state index in [0.717, 1.165) is 12.8 Å². The van der Waals surface area contributed by atoms with Gasteiger partial charge in [0.1, 0.15) is 11.8 Å². The van der Waals surface area contributed by atoms with E-state index in [1.54, 1.807) is 6.07 Å². The minimum atomic E-state index is 0.0665. The van der Waals surface area contributed by atoms with Crippen LogP contribution in [0.4, 0.5) is 0 Å². The van der Waals surface area contributed by atoms with Crippen LogP contribution in [0.2, 0.25) is 0 Å². The van der Waals surface area contributed by atoms with Crippen LogP contribution in [-0.4, -0.2) is 16.9 Å². The largest absolute Gasteiger partial charge is 0.474 e. The van der Waals surface area contributed by atoms with Gasteiger partial charge in [-0.25, -0.2) is 4.98 Å². The predicted octanol–water partition coefficient (Wildman–Crippen LogP) is 3.00. The van der Waals surface area contributed by atoms with Crippen molar-refractivity contribution < 1.29 is 9.53 Å². The van der Waals surface area contributed by atoms with E-state index in [1.165, 1.54) is 12.8 Å². The van der Waals surface area contributed by atoms with Gasteiger partial charge in [-0.05, 0) is 31.7 Å². The van der Waals surface area contributed by atoms with E-state index in [0.29, 0.717) is 24.1 Å². The molecule has 86 valence electrons. The van der Waals surface area contributed by atoms with Crippen molar-refractivity contribution >= 4 is 5.78 Å². The van der Waals surface area contributed by atoms with Gasteiger partial charge in [-0.2, -0.15) is 0 Å². The number of hydrogen-bond donors (Lipinski definition) is 0. The molecule has 1 aromatic heterocycles. The van der Waals surface area contributed by atoms with Gasteiger partial charge >= 0.3 is 0 Å². The Morgan fingerprint density at radius 2 is 2.19 bits per heavy atom. The van der Waals surface area contributed by atoms with Crippen molar-refractivity contribution in [3.63, 3.8) is 0 Å². The third kappa shape index (κ3) is 2.60. The third-order valence-electron chi connectivity index (χ3n) is 2.92. The Hall–Kier alpha value is -1.38. The van der Waals surface area contributed by atoms with Crippen LogP contribution < -0.4 is 4.74 Å². The van der Waals surface area contributed by atoms with Gasteiger partial charge in [0.25, 0.3) is 0 Å². The molecule has 1 aromatic rings. The van der Waals surface area contributed by atoms with Crippen molar-refractivity contribution in [2.24, 2.45) is 0 Å². The number of ether oxygens (including phenoxy) is 1. The van der Waals surface area contributed by atoms with Gasteiger partial charge in [0.05, 0.1) is 0 Å². The van der Waals surface area contributed by atoms with Crippen molar-refractivity contribution in [2.45, 2.75) is 45.1 Å². The number of aromatic nitrogens is 1. The van der Waals surface area contributed by atoms with Crippen molar-refractivity contribution in [2.75, 3.05) is 0 Å². The highest BCUT2D eigenvalue weighted by molar-refractivity contribution is 5.94. The molecule has 1 aliphatic rings. The first-order valence-electron chi connectivity index (χ1n) is 5.96. The van der Waals surface area contributed by atoms with Crippen LogP contribution in [0.3, 0.4) is 0 Å². The molecule has 1 saturated carbocycles. The molecule has 2 rings (SSSR count). The predicted molar refractivity (Wildman–Crippen MR) is 61.7 cm³/mol. The first-order valence-corrected chi connectivity index (χ1v) is 5.96. The zero-order valence-corrected chi connectivity index (χ0v) is 9.61. The first kappa shape index (κ1) is 11.1. The summed E-state index contributed by atoms with van der Waals surface area (Å²) in [4.78, 5) is 15.7. The average molecular weight is 219 g/mol. The molecule has 0 N–H and O–H groups in total. The lowest BCUT2D eigenvalue weighted by Crippen LogP contribution is -2.12. The lowest BCUT2D eigenvalue weighted by Gasteiger charge is -2.12. The topological polar surface area (TPSA) is 39.2 Å². The molecular formula is C13H17NO2. The molecule has 0 aliphatic heterocycles. The maximum atomic E-state index is 11.5. The standard InChI is InChI=1S/C13H17NO2/c1-2-12(15)11-8-5-9-13(14-11)16-10-6-3-4-7-10/h5,8-10H,2-4,6-7H2,1H3. The van der Waals surface area contributed by atoms with Crippen LogP contribution in [0.25, 0.3) is 0 Å². The van der Waals surface area contributed by atoms with Crippen molar-refractivity contribution in [1.29, 1.82) is 0 Å². The zero-order valence-electron chi connectivity index (χ0n) is 9.61. The Kier molecular flexibility index (Phi) is 3.54. The fourth-order valence-electron chi connectivity index (χ4n) is 1.99. The Bertz CT molecular complexity index is 370. The Labute approximate surface area is 95.8 Å². The molecule has 0 radical (unpaired) electrons. The zero-order chi connectivity index (χ0) is 11.4. The number of carbonyl (C=O) groups excluding carboxylic acids is 1. The highest BCUT2D eigenvalue weighted by Crippen LogP contribution is 2.23. The quantitative estimate of drug-likeness (QED) is 0.731. The van der Waals surface area contributed by atoms with Gasteiger partial charge in [-0.1, -0.05) is 13.0 Å². The van der Waals surface area contributed by atoms with Crippen LogP contribution >= 0.6 is 0 Å². The number of ketones is 1. The summed E-state index contributed by atoms with van der Waals surface area (Å²) < 4.78 is 5.75. The first-order chi connectivity index (χ1) is 7.79. The highest BCUT2D eigenvalue weighted by atomic mass is 16.5. The lowest BCUT2D eigenvalue weighted by molar-refractivity contribution is 0.0981. The molecule has 1 aliphatic carbocycles. The van der Waals surface area contributed by atoms with Crippen LogP contribution in [0, 0.1) is 0 Å². The molecule has 1 heterocycles. The van der Waals surface area contributed by atoms with Crippen molar-refractivity contribution in [1.82, 2.24) is 4.98 Å². The van der Waals surface area contributed by atoms with Crippen LogP contribution in [-0.2, 0) is 0 Å². The maximum absolute atomic E-state index is 11.5. The number of pyridine rings is 1. The number of carbonyl (C=O) groups is 1. The van der Waals surface area contributed by atoms with Crippen LogP contribution in [0.5, 0.6) is 5.88 Å². The van der Waals surface area contributed by atoms with Crippen LogP contribution in [0.1, 0.15) is 49.5 Å². The Morgan fingerprint density at radius 3 is 2.88 bits per heavy atom. The molecule has 3 nitrogen and oxygen atoms in total. The minimum Gasteiger partial charge on any atom is -0.474 e. The molecule has 0 bridgehead atoms. The van der Waals surface area contributed by atoms with Crippen LogP contribution in [0.15, 0.2) is 18.2 Å². The van der Waals surface area contributed by atoms with E-state index in [-0.39, 0.29) is 5.78 Å². The van der Waals surface area contributed by atoms with Crippen molar-refractivity contribution in [3.8, 4) is 5.88 Å². The van der Waals surface area contributed by atoms with Gasteiger partial charge in [-0.15, -0.1) is 0 Å². The second kappa shape index (κ2) is 5.10. The fraction of sp³-hybridized carbons (Fsp3) is 0.538. The van der Waals surface area contributed by atoms with E-state index in [4.69, 9.17) is 4.74 Å². The SMILES string of the molecule is CCC(=O)c1cccc(OC2CCCC2)n1. The number of Topliss-reactive ketones (excluding diaryl/α,β-unsaturated/α-hetero) is 1.